The van der Waals surface area contributed by atoms with Crippen molar-refractivity contribution in [1.82, 2.24) is 5.32 Å². The van der Waals surface area contributed by atoms with E-state index in [1.807, 2.05) is 42.5 Å². The summed E-state index contributed by atoms with van der Waals surface area (Å²) in [6.07, 6.45) is -1.22. The first-order chi connectivity index (χ1) is 14.5. The molecule has 0 saturated carbocycles. The average Bonchev–Trinajstić information content (AvgIpc) is 2.75. The van der Waals surface area contributed by atoms with Gasteiger partial charge in [-0.15, -0.1) is 0 Å². The van der Waals surface area contributed by atoms with Crippen LogP contribution in [-0.4, -0.2) is 23.9 Å². The summed E-state index contributed by atoms with van der Waals surface area (Å²) >= 11 is 0. The number of rotatable bonds is 7. The number of carbonyl (C=O) groups is 3. The molecule has 0 aliphatic heterocycles. The number of carbonyl (C=O) groups excluding carboxylic acids is 3. The molecular weight excluding hydrogens is 382 g/mol. The number of nitrogens with one attached hydrogen (secondary N) is 2. The van der Waals surface area contributed by atoms with Gasteiger partial charge in [0.2, 0.25) is 11.8 Å². The SMILES string of the molecule is NC(=O)C[C@H](NC(=O)Oc1ccccc1)C(=O)Nc1ccc(-c2ccccc2)cc1. The molecule has 0 bridgehead atoms. The van der Waals surface area contributed by atoms with Crippen LogP contribution in [0.3, 0.4) is 0 Å². The fourth-order valence-corrected chi connectivity index (χ4v) is 2.78. The van der Waals surface area contributed by atoms with Gasteiger partial charge in [-0.05, 0) is 35.4 Å². The van der Waals surface area contributed by atoms with E-state index < -0.39 is 23.9 Å². The average molecular weight is 403 g/mol. The molecule has 3 rings (SSSR count). The van der Waals surface area contributed by atoms with Gasteiger partial charge in [0.1, 0.15) is 11.8 Å². The third-order valence-electron chi connectivity index (χ3n) is 4.23. The van der Waals surface area contributed by atoms with Crippen LogP contribution in [0.1, 0.15) is 6.42 Å². The van der Waals surface area contributed by atoms with Gasteiger partial charge in [0.25, 0.3) is 0 Å². The lowest BCUT2D eigenvalue weighted by Gasteiger charge is -2.17. The highest BCUT2D eigenvalue weighted by Crippen LogP contribution is 2.21. The van der Waals surface area contributed by atoms with Crippen molar-refractivity contribution < 1.29 is 19.1 Å². The van der Waals surface area contributed by atoms with Gasteiger partial charge in [0, 0.05) is 5.69 Å². The Balaban J connectivity index is 1.64. The van der Waals surface area contributed by atoms with Crippen LogP contribution >= 0.6 is 0 Å². The molecule has 152 valence electrons. The smallest absolute Gasteiger partial charge is 0.410 e. The lowest BCUT2D eigenvalue weighted by atomic mass is 10.1. The predicted octanol–water partition coefficient (Wildman–Crippen LogP) is 3.32. The van der Waals surface area contributed by atoms with E-state index in [1.54, 1.807) is 42.5 Å². The third kappa shape index (κ3) is 5.93. The Morgan fingerprint density at radius 2 is 1.37 bits per heavy atom. The molecule has 0 unspecified atom stereocenters. The lowest BCUT2D eigenvalue weighted by Crippen LogP contribution is -2.47. The van der Waals surface area contributed by atoms with Crippen LogP contribution in [-0.2, 0) is 9.59 Å². The van der Waals surface area contributed by atoms with Crippen LogP contribution in [0.25, 0.3) is 11.1 Å². The molecule has 4 N–H and O–H groups in total. The molecule has 0 heterocycles. The summed E-state index contributed by atoms with van der Waals surface area (Å²) < 4.78 is 5.11. The number of hydrogen-bond acceptors (Lipinski definition) is 4. The van der Waals surface area contributed by atoms with Crippen molar-refractivity contribution in [2.75, 3.05) is 5.32 Å². The van der Waals surface area contributed by atoms with E-state index in [2.05, 4.69) is 10.6 Å². The van der Waals surface area contributed by atoms with Crippen LogP contribution in [0.15, 0.2) is 84.9 Å². The topological polar surface area (TPSA) is 111 Å². The molecule has 0 spiro atoms. The van der Waals surface area contributed by atoms with Crippen LogP contribution in [0.5, 0.6) is 5.75 Å². The van der Waals surface area contributed by atoms with E-state index in [0.29, 0.717) is 11.4 Å². The van der Waals surface area contributed by atoms with E-state index in [0.717, 1.165) is 11.1 Å². The van der Waals surface area contributed by atoms with Gasteiger partial charge >= 0.3 is 6.09 Å². The summed E-state index contributed by atoms with van der Waals surface area (Å²) in [4.78, 5) is 36.1. The maximum absolute atomic E-state index is 12.6. The largest absolute Gasteiger partial charge is 0.413 e. The van der Waals surface area contributed by atoms with Gasteiger partial charge in [-0.25, -0.2) is 4.79 Å². The number of ether oxygens (including phenoxy) is 1. The highest BCUT2D eigenvalue weighted by Gasteiger charge is 2.24. The van der Waals surface area contributed by atoms with E-state index >= 15 is 0 Å². The molecule has 0 fully saturated rings. The maximum Gasteiger partial charge on any atom is 0.413 e. The minimum atomic E-state index is -1.17. The van der Waals surface area contributed by atoms with E-state index in [9.17, 15) is 14.4 Å². The summed E-state index contributed by atoms with van der Waals surface area (Å²) in [6, 6.07) is 24.2. The fourth-order valence-electron chi connectivity index (χ4n) is 2.78. The zero-order valence-electron chi connectivity index (χ0n) is 16.1. The second-order valence-corrected chi connectivity index (χ2v) is 6.50. The number of nitrogens with two attached hydrogens (primary N) is 1. The van der Waals surface area contributed by atoms with E-state index in [1.165, 1.54) is 0 Å². The Morgan fingerprint density at radius 1 is 0.800 bits per heavy atom. The van der Waals surface area contributed by atoms with Crippen molar-refractivity contribution in [1.29, 1.82) is 0 Å². The normalized spacial score (nSPS) is 11.2. The molecule has 0 aliphatic carbocycles. The molecule has 30 heavy (non-hydrogen) atoms. The summed E-state index contributed by atoms with van der Waals surface area (Å²) in [5, 5.41) is 5.06. The molecule has 3 aromatic carbocycles. The zero-order valence-corrected chi connectivity index (χ0v) is 16.1. The van der Waals surface area contributed by atoms with Gasteiger partial charge in [-0.1, -0.05) is 60.7 Å². The van der Waals surface area contributed by atoms with Gasteiger partial charge in [0.15, 0.2) is 0 Å². The van der Waals surface area contributed by atoms with Crippen molar-refractivity contribution in [2.24, 2.45) is 5.73 Å². The minimum Gasteiger partial charge on any atom is -0.410 e. The Kier molecular flexibility index (Phi) is 6.78. The van der Waals surface area contributed by atoms with Crippen molar-refractivity contribution in [3.63, 3.8) is 0 Å². The van der Waals surface area contributed by atoms with Crippen molar-refractivity contribution in [3.05, 3.63) is 84.9 Å². The molecule has 3 aromatic rings. The summed E-state index contributed by atoms with van der Waals surface area (Å²) in [6.45, 7) is 0. The highest BCUT2D eigenvalue weighted by atomic mass is 16.6. The first-order valence-corrected chi connectivity index (χ1v) is 9.29. The quantitative estimate of drug-likeness (QED) is 0.562. The monoisotopic (exact) mass is 403 g/mol. The Bertz CT molecular complexity index is 1010. The number of primary amides is 1. The summed E-state index contributed by atoms with van der Waals surface area (Å²) in [7, 11) is 0. The predicted molar refractivity (Wildman–Crippen MR) is 114 cm³/mol. The molecule has 3 amide bonds. The molecule has 0 aromatic heterocycles. The van der Waals surface area contributed by atoms with Crippen molar-refractivity contribution in [2.45, 2.75) is 12.5 Å². The second-order valence-electron chi connectivity index (χ2n) is 6.50. The van der Waals surface area contributed by atoms with Gasteiger partial charge in [0.05, 0.1) is 6.42 Å². The van der Waals surface area contributed by atoms with Gasteiger partial charge < -0.3 is 21.1 Å². The van der Waals surface area contributed by atoms with Crippen molar-refractivity contribution >= 4 is 23.6 Å². The molecule has 7 nitrogen and oxygen atoms in total. The number of hydrogen-bond donors (Lipinski definition) is 3. The number of benzene rings is 3. The molecule has 7 heteroatoms. The molecule has 0 saturated heterocycles. The molecule has 0 radical (unpaired) electrons. The number of para-hydroxylation sites is 1. The maximum atomic E-state index is 12.6. The number of anilines is 1. The third-order valence-corrected chi connectivity index (χ3v) is 4.23. The van der Waals surface area contributed by atoms with Crippen LogP contribution in [0.2, 0.25) is 0 Å². The summed E-state index contributed by atoms with van der Waals surface area (Å²) in [5.74, 6) is -0.995. The minimum absolute atomic E-state index is 0.310. The molecule has 0 aliphatic rings. The van der Waals surface area contributed by atoms with Crippen LogP contribution in [0.4, 0.5) is 10.5 Å². The Morgan fingerprint density at radius 3 is 1.97 bits per heavy atom. The standard InChI is InChI=1S/C23H21N3O4/c24-21(27)15-20(26-23(29)30-19-9-5-2-6-10-19)22(28)25-18-13-11-17(12-14-18)16-7-3-1-4-8-16/h1-14,20H,15H2,(H2,24,27)(H,25,28)(H,26,29)/t20-/m0/s1. The van der Waals surface area contributed by atoms with Crippen molar-refractivity contribution in [3.8, 4) is 16.9 Å². The Labute approximate surface area is 173 Å². The lowest BCUT2D eigenvalue weighted by molar-refractivity contribution is -0.123. The highest BCUT2D eigenvalue weighted by molar-refractivity contribution is 5.99. The molecular formula is C23H21N3O4. The molecule has 1 atom stereocenters. The van der Waals surface area contributed by atoms with Crippen LogP contribution in [0, 0.1) is 0 Å². The van der Waals surface area contributed by atoms with Crippen LogP contribution < -0.4 is 21.1 Å². The van der Waals surface area contributed by atoms with Gasteiger partial charge in [-0.2, -0.15) is 0 Å². The van der Waals surface area contributed by atoms with Gasteiger partial charge in [-0.3, -0.25) is 9.59 Å². The van der Waals surface area contributed by atoms with E-state index in [4.69, 9.17) is 10.5 Å². The number of amides is 3. The second kappa shape index (κ2) is 9.88. The zero-order chi connectivity index (χ0) is 21.3. The Hall–Kier alpha value is -4.13. The summed E-state index contributed by atoms with van der Waals surface area (Å²) in [5.41, 5.74) is 7.79. The fraction of sp³-hybridized carbons (Fsp3) is 0.0870. The first kappa shape index (κ1) is 20.6. The van der Waals surface area contributed by atoms with E-state index in [-0.39, 0.29) is 6.42 Å². The first-order valence-electron chi connectivity index (χ1n) is 9.29.